The number of carbonyl (C=O) groups excluding carboxylic acids is 1. The average Bonchev–Trinajstić information content (AvgIpc) is 2.62. The van der Waals surface area contributed by atoms with Gasteiger partial charge in [0.1, 0.15) is 12.4 Å². The van der Waals surface area contributed by atoms with Crippen LogP contribution in [0.5, 0.6) is 5.75 Å². The van der Waals surface area contributed by atoms with Gasteiger partial charge in [-0.15, -0.1) is 0 Å². The Morgan fingerprint density at radius 3 is 3.00 bits per heavy atom. The Labute approximate surface area is 144 Å². The molecule has 1 amide bonds. The van der Waals surface area contributed by atoms with Crippen LogP contribution in [-0.2, 0) is 4.74 Å². The highest BCUT2D eigenvalue weighted by atomic mass is 16.5. The van der Waals surface area contributed by atoms with Crippen LogP contribution in [0.3, 0.4) is 0 Å². The van der Waals surface area contributed by atoms with Gasteiger partial charge in [0.2, 0.25) is 0 Å². The summed E-state index contributed by atoms with van der Waals surface area (Å²) in [6.07, 6.45) is 5.39. The number of methoxy groups -OCH3 is 1. The lowest BCUT2D eigenvalue weighted by Crippen LogP contribution is -2.51. The van der Waals surface area contributed by atoms with Gasteiger partial charge in [0.15, 0.2) is 0 Å². The van der Waals surface area contributed by atoms with E-state index in [0.29, 0.717) is 12.2 Å². The van der Waals surface area contributed by atoms with Crippen molar-refractivity contribution in [1.29, 1.82) is 0 Å². The smallest absolute Gasteiger partial charge is 0.254 e. The molecule has 0 aliphatic carbocycles. The third kappa shape index (κ3) is 4.08. The first-order chi connectivity index (χ1) is 11.8. The highest BCUT2D eigenvalue weighted by Crippen LogP contribution is 2.27. The first-order valence-corrected chi connectivity index (χ1v) is 9.07. The minimum atomic E-state index is 0.0994. The Hall–Kier alpha value is -1.59. The highest BCUT2D eigenvalue weighted by Gasteiger charge is 2.34. The van der Waals surface area contributed by atoms with Gasteiger partial charge < -0.3 is 19.7 Å². The van der Waals surface area contributed by atoms with E-state index in [2.05, 4.69) is 5.32 Å². The third-order valence-electron chi connectivity index (χ3n) is 5.01. The molecule has 5 heteroatoms. The van der Waals surface area contributed by atoms with Crippen molar-refractivity contribution < 1.29 is 14.3 Å². The van der Waals surface area contributed by atoms with Crippen LogP contribution in [0.2, 0.25) is 0 Å². The zero-order valence-corrected chi connectivity index (χ0v) is 14.5. The van der Waals surface area contributed by atoms with Gasteiger partial charge in [0.25, 0.3) is 5.91 Å². The molecule has 3 rings (SSSR count). The average molecular weight is 332 g/mol. The Morgan fingerprint density at radius 2 is 2.12 bits per heavy atom. The van der Waals surface area contributed by atoms with Gasteiger partial charge >= 0.3 is 0 Å². The number of piperidine rings is 1. The molecule has 1 aromatic rings. The van der Waals surface area contributed by atoms with E-state index in [-0.39, 0.29) is 18.1 Å². The predicted octanol–water partition coefficient (Wildman–Crippen LogP) is 2.46. The van der Waals surface area contributed by atoms with Crippen molar-refractivity contribution in [3.05, 3.63) is 29.8 Å². The van der Waals surface area contributed by atoms with E-state index >= 15 is 0 Å². The second-order valence-electron chi connectivity index (χ2n) is 6.60. The Balaban J connectivity index is 1.85. The van der Waals surface area contributed by atoms with Crippen molar-refractivity contribution in [3.8, 4) is 5.75 Å². The largest absolute Gasteiger partial charge is 0.492 e. The molecule has 24 heavy (non-hydrogen) atoms. The monoisotopic (exact) mass is 332 g/mol. The quantitative estimate of drug-likeness (QED) is 0.858. The molecule has 5 nitrogen and oxygen atoms in total. The second-order valence-corrected chi connectivity index (χ2v) is 6.60. The number of benzene rings is 1. The van der Waals surface area contributed by atoms with E-state index in [4.69, 9.17) is 9.47 Å². The van der Waals surface area contributed by atoms with Crippen LogP contribution in [0.25, 0.3) is 0 Å². The number of carbonyl (C=O) groups is 1. The molecule has 2 bridgehead atoms. The fourth-order valence-corrected chi connectivity index (χ4v) is 3.74. The van der Waals surface area contributed by atoms with Crippen molar-refractivity contribution >= 4 is 5.91 Å². The summed E-state index contributed by atoms with van der Waals surface area (Å²) < 4.78 is 11.5. The molecule has 2 heterocycles. The predicted molar refractivity (Wildman–Crippen MR) is 93.5 cm³/mol. The van der Waals surface area contributed by atoms with Crippen molar-refractivity contribution in [1.82, 2.24) is 10.2 Å². The lowest BCUT2D eigenvalue weighted by molar-refractivity contribution is -0.0154. The number of amides is 1. The van der Waals surface area contributed by atoms with Crippen molar-refractivity contribution in [2.75, 3.05) is 33.4 Å². The summed E-state index contributed by atoms with van der Waals surface area (Å²) in [6.45, 7) is 3.25. The topological polar surface area (TPSA) is 50.8 Å². The lowest BCUT2D eigenvalue weighted by atomic mass is 9.93. The van der Waals surface area contributed by atoms with Crippen LogP contribution < -0.4 is 10.1 Å². The summed E-state index contributed by atoms with van der Waals surface area (Å²) in [5, 5.41) is 3.42. The lowest BCUT2D eigenvalue weighted by Gasteiger charge is -2.41. The molecular formula is C19H28N2O3. The van der Waals surface area contributed by atoms with Crippen molar-refractivity contribution in [2.24, 2.45) is 0 Å². The Morgan fingerprint density at radius 1 is 1.21 bits per heavy atom. The summed E-state index contributed by atoms with van der Waals surface area (Å²) >= 11 is 0. The van der Waals surface area contributed by atoms with Gasteiger partial charge in [0, 0.05) is 25.8 Å². The molecule has 1 fully saturated rings. The normalized spacial score (nSPS) is 26.2. The van der Waals surface area contributed by atoms with E-state index in [1.807, 2.05) is 29.2 Å². The molecule has 2 aliphatic rings. The van der Waals surface area contributed by atoms with Crippen molar-refractivity contribution in [2.45, 2.75) is 44.2 Å². The molecule has 0 radical (unpaired) electrons. The molecule has 0 saturated carbocycles. The van der Waals surface area contributed by atoms with Crippen LogP contribution in [-0.4, -0.2) is 56.3 Å². The SMILES string of the molecule is CO[C@@H]1CCCN2C(=O)c3cccc(c3)OCCNCCCC[C@H]12. The maximum Gasteiger partial charge on any atom is 0.254 e. The maximum absolute atomic E-state index is 13.1. The van der Waals surface area contributed by atoms with Crippen LogP contribution in [0.15, 0.2) is 24.3 Å². The Kier molecular flexibility index (Phi) is 6.10. The van der Waals surface area contributed by atoms with E-state index in [0.717, 1.165) is 57.5 Å². The van der Waals surface area contributed by atoms with Gasteiger partial charge in [-0.2, -0.15) is 0 Å². The van der Waals surface area contributed by atoms with Gasteiger partial charge in [-0.3, -0.25) is 4.79 Å². The van der Waals surface area contributed by atoms with Crippen LogP contribution in [0.1, 0.15) is 42.5 Å². The third-order valence-corrected chi connectivity index (χ3v) is 5.01. The van der Waals surface area contributed by atoms with Crippen LogP contribution >= 0.6 is 0 Å². The molecule has 2 atom stereocenters. The van der Waals surface area contributed by atoms with E-state index in [9.17, 15) is 4.79 Å². The van der Waals surface area contributed by atoms with Crippen molar-refractivity contribution in [3.63, 3.8) is 0 Å². The number of fused-ring (bicyclic) bond motifs is 3. The molecule has 0 unspecified atom stereocenters. The number of hydrogen-bond donors (Lipinski definition) is 1. The molecule has 1 N–H and O–H groups in total. The summed E-state index contributed by atoms with van der Waals surface area (Å²) in [5.74, 6) is 0.860. The van der Waals surface area contributed by atoms with Gasteiger partial charge in [0.05, 0.1) is 12.1 Å². The summed E-state index contributed by atoms with van der Waals surface area (Å²) in [5.41, 5.74) is 0.708. The molecular weight excluding hydrogens is 304 g/mol. The number of nitrogens with one attached hydrogen (secondary N) is 1. The zero-order chi connectivity index (χ0) is 16.8. The van der Waals surface area contributed by atoms with E-state index in [1.54, 1.807) is 7.11 Å². The Bertz CT molecular complexity index is 549. The van der Waals surface area contributed by atoms with Gasteiger partial charge in [-0.1, -0.05) is 12.5 Å². The standard InChI is InChI=1S/C19H28N2O3/c1-23-18-9-5-12-21-17(18)8-2-3-10-20-11-13-24-16-7-4-6-15(14-16)19(21)22/h4,6-7,14,17-18,20H,2-3,5,8-13H2,1H3/t17-,18-/m1/s1. The molecule has 0 spiro atoms. The van der Waals surface area contributed by atoms with Crippen LogP contribution in [0, 0.1) is 0 Å². The van der Waals surface area contributed by atoms with E-state index < -0.39 is 0 Å². The zero-order valence-electron chi connectivity index (χ0n) is 14.5. The fourth-order valence-electron chi connectivity index (χ4n) is 3.74. The summed E-state index contributed by atoms with van der Waals surface area (Å²) in [4.78, 5) is 15.1. The van der Waals surface area contributed by atoms with Crippen LogP contribution in [0.4, 0.5) is 0 Å². The number of nitrogens with zero attached hydrogens (tertiary/aromatic N) is 1. The second kappa shape index (κ2) is 8.49. The number of ether oxygens (including phenoxy) is 2. The van der Waals surface area contributed by atoms with Gasteiger partial charge in [-0.25, -0.2) is 0 Å². The molecule has 1 saturated heterocycles. The number of hydrogen-bond acceptors (Lipinski definition) is 4. The fraction of sp³-hybridized carbons (Fsp3) is 0.632. The highest BCUT2D eigenvalue weighted by molar-refractivity contribution is 5.95. The summed E-state index contributed by atoms with van der Waals surface area (Å²) in [6, 6.07) is 7.72. The minimum absolute atomic E-state index is 0.0994. The summed E-state index contributed by atoms with van der Waals surface area (Å²) in [7, 11) is 1.76. The van der Waals surface area contributed by atoms with E-state index in [1.165, 1.54) is 0 Å². The van der Waals surface area contributed by atoms with Gasteiger partial charge in [-0.05, 0) is 50.4 Å². The first kappa shape index (κ1) is 17.2. The molecule has 0 aromatic heterocycles. The number of rotatable bonds is 1. The molecule has 2 aliphatic heterocycles. The maximum atomic E-state index is 13.1. The first-order valence-electron chi connectivity index (χ1n) is 9.07. The minimum Gasteiger partial charge on any atom is -0.492 e. The molecule has 132 valence electrons. The molecule has 1 aromatic carbocycles.